The second-order valence-electron chi connectivity index (χ2n) is 7.24. The zero-order chi connectivity index (χ0) is 15.4. The molecule has 0 saturated heterocycles. The highest BCUT2D eigenvalue weighted by Crippen LogP contribution is 2.46. The third-order valence-electron chi connectivity index (χ3n) is 5.76. The van der Waals surface area contributed by atoms with Gasteiger partial charge in [-0.25, -0.2) is 4.39 Å². The molecule has 4 atom stereocenters. The molecule has 22 heavy (non-hydrogen) atoms. The second-order valence-corrected chi connectivity index (χ2v) is 7.24. The maximum atomic E-state index is 13.1. The van der Waals surface area contributed by atoms with E-state index in [2.05, 4.69) is 6.92 Å². The molecule has 0 aliphatic heterocycles. The van der Waals surface area contributed by atoms with Crippen molar-refractivity contribution in [1.82, 2.24) is 0 Å². The molecule has 0 amide bonds. The van der Waals surface area contributed by atoms with Crippen LogP contribution in [0, 0.1) is 17.7 Å². The minimum atomic E-state index is -0.123. The summed E-state index contributed by atoms with van der Waals surface area (Å²) in [4.78, 5) is 0. The van der Waals surface area contributed by atoms with Crippen molar-refractivity contribution < 1.29 is 9.13 Å². The van der Waals surface area contributed by atoms with E-state index in [0.717, 1.165) is 18.4 Å². The number of rotatable bonds is 5. The van der Waals surface area contributed by atoms with Crippen LogP contribution < -0.4 is 0 Å². The van der Waals surface area contributed by atoms with Crippen molar-refractivity contribution in [3.8, 4) is 0 Å². The predicted octanol–water partition coefficient (Wildman–Crippen LogP) is 5.69. The van der Waals surface area contributed by atoms with Gasteiger partial charge >= 0.3 is 0 Å². The molecule has 1 nitrogen and oxygen atoms in total. The van der Waals surface area contributed by atoms with E-state index in [-0.39, 0.29) is 5.82 Å². The molecule has 2 fully saturated rings. The summed E-state index contributed by atoms with van der Waals surface area (Å²) in [6.45, 7) is 3.16. The van der Waals surface area contributed by atoms with Gasteiger partial charge in [0.15, 0.2) is 0 Å². The summed E-state index contributed by atoms with van der Waals surface area (Å²) in [5.74, 6) is 2.23. The van der Waals surface area contributed by atoms with Crippen molar-refractivity contribution in [2.75, 3.05) is 6.61 Å². The van der Waals surface area contributed by atoms with E-state index in [0.29, 0.717) is 12.0 Å². The van der Waals surface area contributed by atoms with Crippen molar-refractivity contribution in [3.05, 3.63) is 35.6 Å². The molecule has 4 unspecified atom stereocenters. The zero-order valence-electron chi connectivity index (χ0n) is 13.8. The summed E-state index contributed by atoms with van der Waals surface area (Å²) in [6, 6.07) is 7.19. The van der Waals surface area contributed by atoms with Crippen LogP contribution in [0.5, 0.6) is 0 Å². The topological polar surface area (TPSA) is 9.23 Å². The van der Waals surface area contributed by atoms with Gasteiger partial charge in [0.05, 0.1) is 6.10 Å². The lowest BCUT2D eigenvalue weighted by molar-refractivity contribution is -0.0159. The van der Waals surface area contributed by atoms with Crippen LogP contribution in [0.2, 0.25) is 0 Å². The highest BCUT2D eigenvalue weighted by atomic mass is 19.1. The van der Waals surface area contributed by atoms with Gasteiger partial charge in [0, 0.05) is 6.61 Å². The number of benzene rings is 1. The second kappa shape index (κ2) is 7.59. The Labute approximate surface area is 134 Å². The van der Waals surface area contributed by atoms with Crippen LogP contribution in [-0.4, -0.2) is 12.7 Å². The number of halogens is 1. The first-order valence-electron chi connectivity index (χ1n) is 9.13. The van der Waals surface area contributed by atoms with E-state index in [1.165, 1.54) is 56.9 Å². The first-order valence-corrected chi connectivity index (χ1v) is 9.13. The summed E-state index contributed by atoms with van der Waals surface area (Å²) < 4.78 is 19.1. The molecule has 0 spiro atoms. The smallest absolute Gasteiger partial charge is 0.123 e. The largest absolute Gasteiger partial charge is 0.378 e. The lowest BCUT2D eigenvalue weighted by Crippen LogP contribution is -2.33. The highest BCUT2D eigenvalue weighted by molar-refractivity contribution is 5.21. The van der Waals surface area contributed by atoms with Crippen molar-refractivity contribution in [2.24, 2.45) is 11.8 Å². The summed E-state index contributed by atoms with van der Waals surface area (Å²) in [6.07, 6.45) is 10.6. The number of hydrogen-bond acceptors (Lipinski definition) is 1. The number of hydrogen-bond donors (Lipinski definition) is 0. The summed E-state index contributed by atoms with van der Waals surface area (Å²) in [7, 11) is 0. The SMILES string of the molecule is CCCCOC1CCC2CC(c3ccc(F)cc3)CCC2C1. The Kier molecular flexibility index (Phi) is 5.51. The third kappa shape index (κ3) is 3.90. The Balaban J connectivity index is 1.52. The summed E-state index contributed by atoms with van der Waals surface area (Å²) >= 11 is 0. The van der Waals surface area contributed by atoms with E-state index in [1.807, 2.05) is 12.1 Å². The van der Waals surface area contributed by atoms with E-state index >= 15 is 0 Å². The van der Waals surface area contributed by atoms with Crippen LogP contribution in [0.15, 0.2) is 24.3 Å². The molecule has 0 N–H and O–H groups in total. The maximum Gasteiger partial charge on any atom is 0.123 e. The van der Waals surface area contributed by atoms with Crippen LogP contribution in [-0.2, 0) is 4.74 Å². The fourth-order valence-electron chi connectivity index (χ4n) is 4.43. The third-order valence-corrected chi connectivity index (χ3v) is 5.76. The molecular weight excluding hydrogens is 275 g/mol. The Bertz CT molecular complexity index is 455. The fourth-order valence-corrected chi connectivity index (χ4v) is 4.43. The van der Waals surface area contributed by atoms with Gasteiger partial charge in [0.2, 0.25) is 0 Å². The Morgan fingerprint density at radius 2 is 1.73 bits per heavy atom. The average Bonchev–Trinajstić information content (AvgIpc) is 2.55. The van der Waals surface area contributed by atoms with Gasteiger partial charge in [-0.2, -0.15) is 0 Å². The first kappa shape index (κ1) is 16.0. The van der Waals surface area contributed by atoms with Crippen molar-refractivity contribution in [2.45, 2.75) is 70.3 Å². The molecule has 0 aromatic heterocycles. The average molecular weight is 304 g/mol. The highest BCUT2D eigenvalue weighted by Gasteiger charge is 2.36. The molecule has 2 saturated carbocycles. The van der Waals surface area contributed by atoms with Crippen molar-refractivity contribution in [1.29, 1.82) is 0 Å². The molecule has 1 aromatic rings. The van der Waals surface area contributed by atoms with E-state index in [9.17, 15) is 4.39 Å². The zero-order valence-corrected chi connectivity index (χ0v) is 13.8. The van der Waals surface area contributed by atoms with Crippen LogP contribution in [0.1, 0.15) is 69.8 Å². The first-order chi connectivity index (χ1) is 10.8. The van der Waals surface area contributed by atoms with Crippen LogP contribution >= 0.6 is 0 Å². The number of fused-ring (bicyclic) bond motifs is 1. The van der Waals surface area contributed by atoms with Gasteiger partial charge in [0.25, 0.3) is 0 Å². The van der Waals surface area contributed by atoms with Gasteiger partial charge in [-0.05, 0) is 80.4 Å². The van der Waals surface area contributed by atoms with E-state index < -0.39 is 0 Å². The van der Waals surface area contributed by atoms with Crippen LogP contribution in [0.3, 0.4) is 0 Å². The summed E-state index contributed by atoms with van der Waals surface area (Å²) in [5.41, 5.74) is 1.33. The lowest BCUT2D eigenvalue weighted by atomic mass is 9.65. The fraction of sp³-hybridized carbons (Fsp3) is 0.700. The molecule has 2 heteroatoms. The molecule has 2 aliphatic carbocycles. The predicted molar refractivity (Wildman–Crippen MR) is 88.5 cm³/mol. The van der Waals surface area contributed by atoms with Crippen molar-refractivity contribution in [3.63, 3.8) is 0 Å². The molecular formula is C20H29FO. The summed E-state index contributed by atoms with van der Waals surface area (Å²) in [5, 5.41) is 0. The maximum absolute atomic E-state index is 13.1. The number of unbranched alkanes of at least 4 members (excludes halogenated alkanes) is 1. The van der Waals surface area contributed by atoms with Gasteiger partial charge < -0.3 is 4.74 Å². The molecule has 0 radical (unpaired) electrons. The Morgan fingerprint density at radius 1 is 1.00 bits per heavy atom. The van der Waals surface area contributed by atoms with E-state index in [1.54, 1.807) is 12.1 Å². The van der Waals surface area contributed by atoms with Gasteiger partial charge in [-0.1, -0.05) is 25.5 Å². The Hall–Kier alpha value is -0.890. The minimum absolute atomic E-state index is 0.123. The molecule has 0 bridgehead atoms. The Morgan fingerprint density at radius 3 is 2.50 bits per heavy atom. The minimum Gasteiger partial charge on any atom is -0.378 e. The molecule has 2 aliphatic rings. The molecule has 1 aromatic carbocycles. The van der Waals surface area contributed by atoms with E-state index in [4.69, 9.17) is 4.74 Å². The molecule has 122 valence electrons. The quantitative estimate of drug-likeness (QED) is 0.634. The van der Waals surface area contributed by atoms with Gasteiger partial charge in [-0.3, -0.25) is 0 Å². The van der Waals surface area contributed by atoms with Crippen LogP contribution in [0.25, 0.3) is 0 Å². The molecule has 3 rings (SSSR count). The van der Waals surface area contributed by atoms with Gasteiger partial charge in [0.1, 0.15) is 5.82 Å². The molecule has 0 heterocycles. The normalized spacial score (nSPS) is 31.7. The van der Waals surface area contributed by atoms with Crippen molar-refractivity contribution >= 4 is 0 Å². The standard InChI is InChI=1S/C20H29FO/c1-2-3-12-22-20-11-8-17-13-16(4-5-18(17)14-20)15-6-9-19(21)10-7-15/h6-7,9-10,16-18,20H,2-5,8,11-14H2,1H3. The lowest BCUT2D eigenvalue weighted by Gasteiger charge is -2.42. The number of ether oxygens (including phenoxy) is 1. The van der Waals surface area contributed by atoms with Crippen LogP contribution in [0.4, 0.5) is 4.39 Å². The van der Waals surface area contributed by atoms with Gasteiger partial charge in [-0.15, -0.1) is 0 Å². The monoisotopic (exact) mass is 304 g/mol.